The molecule has 0 saturated carbocycles. The molecule has 17 heavy (non-hydrogen) atoms. The lowest BCUT2D eigenvalue weighted by atomic mass is 10.2. The highest BCUT2D eigenvalue weighted by molar-refractivity contribution is 7.07. The van der Waals surface area contributed by atoms with E-state index in [0.717, 1.165) is 30.1 Å². The van der Waals surface area contributed by atoms with Crippen molar-refractivity contribution in [3.63, 3.8) is 0 Å². The van der Waals surface area contributed by atoms with Crippen LogP contribution in [0.5, 0.6) is 5.75 Å². The van der Waals surface area contributed by atoms with Gasteiger partial charge in [-0.3, -0.25) is 0 Å². The Labute approximate surface area is 104 Å². The number of aromatic nitrogens is 1. The molecule has 2 aromatic rings. The first kappa shape index (κ1) is 11.7. The van der Waals surface area contributed by atoms with Gasteiger partial charge in [-0.1, -0.05) is 0 Å². The number of methoxy groups -OCH3 is 1. The fourth-order valence-corrected chi connectivity index (χ4v) is 2.13. The summed E-state index contributed by atoms with van der Waals surface area (Å²) in [5, 5.41) is 5.36. The van der Waals surface area contributed by atoms with E-state index in [2.05, 4.69) is 15.7 Å². The second-order valence-corrected chi connectivity index (χ2v) is 4.37. The summed E-state index contributed by atoms with van der Waals surface area (Å²) in [6.45, 7) is 0.830. The number of ether oxygens (including phenoxy) is 1. The van der Waals surface area contributed by atoms with Gasteiger partial charge >= 0.3 is 0 Å². The predicted molar refractivity (Wildman–Crippen MR) is 71.7 cm³/mol. The molecule has 0 atom stereocenters. The van der Waals surface area contributed by atoms with Gasteiger partial charge in [0.1, 0.15) is 5.75 Å². The van der Waals surface area contributed by atoms with Crippen molar-refractivity contribution in [2.24, 2.45) is 0 Å². The van der Waals surface area contributed by atoms with E-state index in [1.54, 1.807) is 24.5 Å². The maximum Gasteiger partial charge on any atom is 0.122 e. The maximum absolute atomic E-state index is 5.77. The zero-order chi connectivity index (χ0) is 12.1. The van der Waals surface area contributed by atoms with Crippen LogP contribution in [-0.2, 0) is 6.42 Å². The Balaban J connectivity index is 1.92. The molecule has 0 saturated heterocycles. The lowest BCUT2D eigenvalue weighted by Gasteiger charge is -2.08. The largest absolute Gasteiger partial charge is 0.497 e. The third kappa shape index (κ3) is 3.35. The van der Waals surface area contributed by atoms with Crippen molar-refractivity contribution in [3.05, 3.63) is 34.8 Å². The number of nitrogens with zero attached hydrogens (tertiary/aromatic N) is 1. The number of nitrogens with two attached hydrogens (primary N) is 1. The van der Waals surface area contributed by atoms with Crippen LogP contribution in [0, 0.1) is 0 Å². The fraction of sp³-hybridized carbons (Fsp3) is 0.250. The van der Waals surface area contributed by atoms with Crippen molar-refractivity contribution in [1.29, 1.82) is 0 Å². The highest BCUT2D eigenvalue weighted by Crippen LogP contribution is 2.22. The molecule has 0 amide bonds. The van der Waals surface area contributed by atoms with Gasteiger partial charge in [0.25, 0.3) is 0 Å². The average Bonchev–Trinajstić information content (AvgIpc) is 2.81. The van der Waals surface area contributed by atoms with E-state index in [4.69, 9.17) is 10.5 Å². The lowest BCUT2D eigenvalue weighted by Crippen LogP contribution is -2.05. The molecule has 4 nitrogen and oxygen atoms in total. The summed E-state index contributed by atoms with van der Waals surface area (Å²) in [5.74, 6) is 0.765. The average molecular weight is 249 g/mol. The van der Waals surface area contributed by atoms with E-state index < -0.39 is 0 Å². The summed E-state index contributed by atoms with van der Waals surface area (Å²) in [4.78, 5) is 4.23. The molecule has 3 N–H and O–H groups in total. The Morgan fingerprint density at radius 1 is 1.41 bits per heavy atom. The minimum absolute atomic E-state index is 0.695. The molecule has 1 aromatic carbocycles. The molecule has 2 rings (SSSR count). The number of hydrogen-bond acceptors (Lipinski definition) is 5. The van der Waals surface area contributed by atoms with Crippen LogP contribution in [-0.4, -0.2) is 18.6 Å². The van der Waals surface area contributed by atoms with Gasteiger partial charge in [0, 0.05) is 41.9 Å². The molecule has 90 valence electrons. The molecule has 0 aliphatic carbocycles. The molecule has 0 aliphatic heterocycles. The Morgan fingerprint density at radius 2 is 2.29 bits per heavy atom. The number of rotatable bonds is 5. The minimum atomic E-state index is 0.695. The molecular formula is C12H15N3OS. The van der Waals surface area contributed by atoms with Gasteiger partial charge in [0.05, 0.1) is 18.3 Å². The number of benzene rings is 1. The van der Waals surface area contributed by atoms with Crippen LogP contribution in [0.1, 0.15) is 5.69 Å². The van der Waals surface area contributed by atoms with E-state index in [9.17, 15) is 0 Å². The van der Waals surface area contributed by atoms with Gasteiger partial charge in [-0.05, 0) is 6.07 Å². The molecule has 0 aliphatic rings. The third-order valence-corrected chi connectivity index (χ3v) is 2.99. The molecule has 0 unspecified atom stereocenters. The van der Waals surface area contributed by atoms with Gasteiger partial charge in [0.15, 0.2) is 0 Å². The van der Waals surface area contributed by atoms with E-state index >= 15 is 0 Å². The highest BCUT2D eigenvalue weighted by Gasteiger charge is 1.99. The van der Waals surface area contributed by atoms with Crippen LogP contribution in [0.4, 0.5) is 11.4 Å². The van der Waals surface area contributed by atoms with E-state index in [1.165, 1.54) is 0 Å². The van der Waals surface area contributed by atoms with E-state index in [-0.39, 0.29) is 0 Å². The Bertz CT molecular complexity index is 471. The summed E-state index contributed by atoms with van der Waals surface area (Å²) >= 11 is 1.62. The van der Waals surface area contributed by atoms with Crippen LogP contribution < -0.4 is 15.8 Å². The van der Waals surface area contributed by atoms with Crippen LogP contribution >= 0.6 is 11.3 Å². The van der Waals surface area contributed by atoms with Crippen molar-refractivity contribution in [2.75, 3.05) is 24.7 Å². The summed E-state index contributed by atoms with van der Waals surface area (Å²) in [6, 6.07) is 5.62. The van der Waals surface area contributed by atoms with Crippen molar-refractivity contribution in [2.45, 2.75) is 6.42 Å². The van der Waals surface area contributed by atoms with Crippen LogP contribution in [0.3, 0.4) is 0 Å². The molecule has 1 heterocycles. The van der Waals surface area contributed by atoms with E-state index in [0.29, 0.717) is 5.69 Å². The lowest BCUT2D eigenvalue weighted by molar-refractivity contribution is 0.415. The van der Waals surface area contributed by atoms with Gasteiger partial charge in [0.2, 0.25) is 0 Å². The first-order valence-corrected chi connectivity index (χ1v) is 6.27. The van der Waals surface area contributed by atoms with Gasteiger partial charge in [-0.25, -0.2) is 4.98 Å². The Morgan fingerprint density at radius 3 is 3.00 bits per heavy atom. The molecule has 1 aromatic heterocycles. The zero-order valence-corrected chi connectivity index (χ0v) is 10.5. The maximum atomic E-state index is 5.77. The summed E-state index contributed by atoms with van der Waals surface area (Å²) in [7, 11) is 1.63. The molecule has 0 fully saturated rings. The molecular weight excluding hydrogens is 234 g/mol. The predicted octanol–water partition coefficient (Wildman–Crippen LogP) is 2.39. The van der Waals surface area contributed by atoms with Gasteiger partial charge < -0.3 is 15.8 Å². The molecule has 0 bridgehead atoms. The molecule has 0 radical (unpaired) electrons. The SMILES string of the molecule is COc1cc(N)cc(NCCc2cscn2)c1. The van der Waals surface area contributed by atoms with Crippen molar-refractivity contribution in [3.8, 4) is 5.75 Å². The fourth-order valence-electron chi connectivity index (χ4n) is 1.54. The van der Waals surface area contributed by atoms with Crippen molar-refractivity contribution in [1.82, 2.24) is 4.98 Å². The second-order valence-electron chi connectivity index (χ2n) is 3.65. The minimum Gasteiger partial charge on any atom is -0.497 e. The third-order valence-electron chi connectivity index (χ3n) is 2.36. The van der Waals surface area contributed by atoms with Gasteiger partial charge in [-0.2, -0.15) is 0 Å². The number of hydrogen-bond donors (Lipinski definition) is 2. The zero-order valence-electron chi connectivity index (χ0n) is 9.64. The van der Waals surface area contributed by atoms with Crippen LogP contribution in [0.15, 0.2) is 29.1 Å². The quantitative estimate of drug-likeness (QED) is 0.799. The summed E-state index contributed by atoms with van der Waals surface area (Å²) < 4.78 is 5.16. The summed E-state index contributed by atoms with van der Waals surface area (Å²) in [5.41, 5.74) is 10.4. The topological polar surface area (TPSA) is 60.2 Å². The van der Waals surface area contributed by atoms with Crippen LogP contribution in [0.2, 0.25) is 0 Å². The van der Waals surface area contributed by atoms with E-state index in [1.807, 2.05) is 17.6 Å². The normalized spacial score (nSPS) is 10.2. The summed E-state index contributed by atoms with van der Waals surface area (Å²) in [6.07, 6.45) is 0.903. The monoisotopic (exact) mass is 249 g/mol. The van der Waals surface area contributed by atoms with Gasteiger partial charge in [-0.15, -0.1) is 11.3 Å². The first-order valence-electron chi connectivity index (χ1n) is 5.33. The van der Waals surface area contributed by atoms with Crippen molar-refractivity contribution < 1.29 is 4.74 Å². The van der Waals surface area contributed by atoms with Crippen molar-refractivity contribution >= 4 is 22.7 Å². The number of anilines is 2. The smallest absolute Gasteiger partial charge is 0.122 e. The first-order chi connectivity index (χ1) is 8.28. The number of nitrogens with one attached hydrogen (secondary N) is 1. The standard InChI is InChI=1S/C12H15N3OS/c1-16-12-5-9(13)4-11(6-12)14-3-2-10-7-17-8-15-10/h4-8,14H,2-3,13H2,1H3. The number of thiazole rings is 1. The Kier molecular flexibility index (Phi) is 3.82. The number of nitrogen functional groups attached to an aromatic ring is 1. The Hall–Kier alpha value is -1.75. The molecule has 5 heteroatoms. The highest BCUT2D eigenvalue weighted by atomic mass is 32.1. The molecule has 0 spiro atoms. The second kappa shape index (κ2) is 5.54. The van der Waals surface area contributed by atoms with Crippen LogP contribution in [0.25, 0.3) is 0 Å².